The Kier molecular flexibility index (Phi) is 4.09. The molecule has 1 aromatic heterocycles. The molecule has 1 atom stereocenters. The molecule has 5 heteroatoms. The molecule has 1 heterocycles. The fraction of sp³-hybridized carbons (Fsp3) is 0.467. The smallest absolute Gasteiger partial charge is 0.272 e. The lowest BCUT2D eigenvalue weighted by molar-refractivity contribution is 0.0894. The molecule has 20 heavy (non-hydrogen) atoms. The van der Waals surface area contributed by atoms with Crippen LogP contribution in [0, 0.1) is 5.41 Å². The molecule has 0 spiro atoms. The molecule has 0 saturated heterocycles. The number of aliphatic hydroxyl groups excluding tert-OH is 1. The van der Waals surface area contributed by atoms with Gasteiger partial charge in [-0.15, -0.1) is 0 Å². The zero-order valence-electron chi connectivity index (χ0n) is 12.1. The van der Waals surface area contributed by atoms with Crippen molar-refractivity contribution in [1.29, 1.82) is 0 Å². The molecule has 0 aliphatic carbocycles. The molecule has 0 radical (unpaired) electrons. The van der Waals surface area contributed by atoms with Gasteiger partial charge in [0.15, 0.2) is 5.69 Å². The lowest BCUT2D eigenvalue weighted by Gasteiger charge is -2.25. The van der Waals surface area contributed by atoms with Gasteiger partial charge in [-0.1, -0.05) is 39.0 Å². The summed E-state index contributed by atoms with van der Waals surface area (Å²) < 4.78 is 0. The minimum absolute atomic E-state index is 0.0360. The molecule has 0 bridgehead atoms. The number of aromatic nitrogens is 2. The first-order valence-corrected chi connectivity index (χ1v) is 6.75. The van der Waals surface area contributed by atoms with Gasteiger partial charge in [-0.2, -0.15) is 5.10 Å². The number of H-pyrrole nitrogens is 1. The third kappa shape index (κ3) is 3.36. The largest absolute Gasteiger partial charge is 0.394 e. The van der Waals surface area contributed by atoms with E-state index in [1.807, 2.05) is 24.3 Å². The van der Waals surface area contributed by atoms with Gasteiger partial charge in [0.05, 0.1) is 18.2 Å². The second kappa shape index (κ2) is 5.63. The van der Waals surface area contributed by atoms with Crippen molar-refractivity contribution in [2.75, 3.05) is 6.61 Å². The molecule has 5 nitrogen and oxygen atoms in total. The van der Waals surface area contributed by atoms with E-state index >= 15 is 0 Å². The van der Waals surface area contributed by atoms with Crippen molar-refractivity contribution in [2.45, 2.75) is 33.2 Å². The van der Waals surface area contributed by atoms with Crippen LogP contribution in [0.1, 0.15) is 37.7 Å². The third-order valence-corrected chi connectivity index (χ3v) is 3.10. The Morgan fingerprint density at radius 1 is 1.40 bits per heavy atom. The minimum atomic E-state index is -0.266. The van der Waals surface area contributed by atoms with Crippen LogP contribution in [0.5, 0.6) is 0 Å². The summed E-state index contributed by atoms with van der Waals surface area (Å²) in [6, 6.07) is 7.22. The standard InChI is InChI=1S/C15H21N3O2/c1-15(2,3)8-10(9-19)16-14(20)13-11-6-4-5-7-12(11)17-18-13/h4-7,10,19H,8-9H2,1-3H3,(H,16,20)(H,17,18). The molecule has 0 aliphatic rings. The van der Waals surface area contributed by atoms with Crippen LogP contribution in [0.3, 0.4) is 0 Å². The summed E-state index contributed by atoms with van der Waals surface area (Å²) in [6.07, 6.45) is 0.706. The number of nitrogens with zero attached hydrogens (tertiary/aromatic N) is 1. The monoisotopic (exact) mass is 275 g/mol. The number of fused-ring (bicyclic) bond motifs is 1. The Labute approximate surface area is 118 Å². The van der Waals surface area contributed by atoms with E-state index in [-0.39, 0.29) is 24.0 Å². The normalized spacial score (nSPS) is 13.4. The number of para-hydroxylation sites is 1. The third-order valence-electron chi connectivity index (χ3n) is 3.10. The maximum absolute atomic E-state index is 12.3. The second-order valence-corrected chi connectivity index (χ2v) is 6.24. The van der Waals surface area contributed by atoms with Crippen LogP contribution >= 0.6 is 0 Å². The predicted molar refractivity (Wildman–Crippen MR) is 78.5 cm³/mol. The Morgan fingerprint density at radius 3 is 2.75 bits per heavy atom. The number of amides is 1. The van der Waals surface area contributed by atoms with Crippen LogP contribution < -0.4 is 5.32 Å². The minimum Gasteiger partial charge on any atom is -0.394 e. The Hall–Kier alpha value is -1.88. The molecule has 1 amide bonds. The van der Waals surface area contributed by atoms with E-state index in [9.17, 15) is 9.90 Å². The second-order valence-electron chi connectivity index (χ2n) is 6.24. The van der Waals surface area contributed by atoms with Crippen molar-refractivity contribution in [1.82, 2.24) is 15.5 Å². The van der Waals surface area contributed by atoms with E-state index in [1.165, 1.54) is 0 Å². The summed E-state index contributed by atoms with van der Waals surface area (Å²) in [6.45, 7) is 6.15. The molecule has 2 aromatic rings. The Morgan fingerprint density at radius 2 is 2.10 bits per heavy atom. The van der Waals surface area contributed by atoms with Crippen molar-refractivity contribution in [3.8, 4) is 0 Å². The number of hydrogen-bond acceptors (Lipinski definition) is 3. The van der Waals surface area contributed by atoms with Crippen LogP contribution in [0.25, 0.3) is 10.9 Å². The number of hydrogen-bond donors (Lipinski definition) is 3. The molecular weight excluding hydrogens is 254 g/mol. The molecule has 0 fully saturated rings. The predicted octanol–water partition coefficient (Wildman–Crippen LogP) is 2.09. The van der Waals surface area contributed by atoms with Gasteiger partial charge < -0.3 is 10.4 Å². The maximum atomic E-state index is 12.3. The van der Waals surface area contributed by atoms with E-state index in [0.717, 1.165) is 10.9 Å². The number of aromatic amines is 1. The maximum Gasteiger partial charge on any atom is 0.272 e. The van der Waals surface area contributed by atoms with Gasteiger partial charge in [0.2, 0.25) is 0 Å². The molecule has 1 unspecified atom stereocenters. The van der Waals surface area contributed by atoms with E-state index in [1.54, 1.807) is 0 Å². The van der Waals surface area contributed by atoms with E-state index in [0.29, 0.717) is 12.1 Å². The summed E-state index contributed by atoms with van der Waals surface area (Å²) in [5.74, 6) is -0.259. The number of rotatable bonds is 4. The lowest BCUT2D eigenvalue weighted by atomic mass is 9.88. The van der Waals surface area contributed by atoms with Gasteiger partial charge in [-0.05, 0) is 17.9 Å². The van der Waals surface area contributed by atoms with Gasteiger partial charge in [0.1, 0.15) is 0 Å². The highest BCUT2D eigenvalue weighted by Gasteiger charge is 2.22. The van der Waals surface area contributed by atoms with Crippen LogP contribution in [0.15, 0.2) is 24.3 Å². The van der Waals surface area contributed by atoms with Crippen molar-refractivity contribution >= 4 is 16.8 Å². The summed E-state index contributed by atoms with van der Waals surface area (Å²) in [7, 11) is 0. The van der Waals surface area contributed by atoms with Crippen LogP contribution in [-0.4, -0.2) is 33.9 Å². The first-order chi connectivity index (χ1) is 9.40. The Balaban J connectivity index is 2.15. The topological polar surface area (TPSA) is 78.0 Å². The molecule has 2 rings (SSSR count). The molecule has 0 saturated carbocycles. The SMILES string of the molecule is CC(C)(C)CC(CO)NC(=O)c1n[nH]c2ccccc12. The molecule has 108 valence electrons. The highest BCUT2D eigenvalue weighted by molar-refractivity contribution is 6.04. The summed E-state index contributed by atoms with van der Waals surface area (Å²) in [5, 5.41) is 19.9. The van der Waals surface area contributed by atoms with Crippen LogP contribution in [0.4, 0.5) is 0 Å². The highest BCUT2D eigenvalue weighted by Crippen LogP contribution is 2.21. The van der Waals surface area contributed by atoms with E-state index in [2.05, 4.69) is 36.3 Å². The van der Waals surface area contributed by atoms with Crippen LogP contribution in [0.2, 0.25) is 0 Å². The van der Waals surface area contributed by atoms with Gasteiger partial charge in [-0.3, -0.25) is 9.89 Å². The fourth-order valence-electron chi connectivity index (χ4n) is 2.29. The average molecular weight is 275 g/mol. The van der Waals surface area contributed by atoms with E-state index < -0.39 is 0 Å². The molecule has 3 N–H and O–H groups in total. The van der Waals surface area contributed by atoms with Gasteiger partial charge in [0, 0.05) is 5.39 Å². The number of nitrogens with one attached hydrogen (secondary N) is 2. The number of benzene rings is 1. The number of carbonyl (C=O) groups excluding carboxylic acids is 1. The molecular formula is C15H21N3O2. The van der Waals surface area contributed by atoms with Gasteiger partial charge in [0.25, 0.3) is 5.91 Å². The zero-order valence-corrected chi connectivity index (χ0v) is 12.1. The Bertz CT molecular complexity index is 598. The van der Waals surface area contributed by atoms with E-state index in [4.69, 9.17) is 0 Å². The number of carbonyl (C=O) groups is 1. The summed E-state index contributed by atoms with van der Waals surface area (Å²) >= 11 is 0. The summed E-state index contributed by atoms with van der Waals surface area (Å²) in [5.41, 5.74) is 1.23. The quantitative estimate of drug-likeness (QED) is 0.799. The molecule has 0 aliphatic heterocycles. The zero-order chi connectivity index (χ0) is 14.8. The fourth-order valence-corrected chi connectivity index (χ4v) is 2.29. The van der Waals surface area contributed by atoms with Crippen LogP contribution in [-0.2, 0) is 0 Å². The van der Waals surface area contributed by atoms with Crippen molar-refractivity contribution in [2.24, 2.45) is 5.41 Å². The van der Waals surface area contributed by atoms with Gasteiger partial charge in [-0.25, -0.2) is 0 Å². The molecule has 1 aromatic carbocycles. The van der Waals surface area contributed by atoms with Crippen molar-refractivity contribution < 1.29 is 9.90 Å². The number of aliphatic hydroxyl groups is 1. The van der Waals surface area contributed by atoms with Gasteiger partial charge >= 0.3 is 0 Å². The van der Waals surface area contributed by atoms with Crippen molar-refractivity contribution in [3.63, 3.8) is 0 Å². The lowest BCUT2D eigenvalue weighted by Crippen LogP contribution is -2.40. The highest BCUT2D eigenvalue weighted by atomic mass is 16.3. The summed E-state index contributed by atoms with van der Waals surface area (Å²) in [4.78, 5) is 12.3. The first-order valence-electron chi connectivity index (χ1n) is 6.75. The van der Waals surface area contributed by atoms with Crippen molar-refractivity contribution in [3.05, 3.63) is 30.0 Å². The average Bonchev–Trinajstić information content (AvgIpc) is 2.80. The first kappa shape index (κ1) is 14.5.